The van der Waals surface area contributed by atoms with Crippen molar-refractivity contribution in [2.75, 3.05) is 31.5 Å². The minimum atomic E-state index is -0.409. The van der Waals surface area contributed by atoms with E-state index in [-0.39, 0.29) is 18.1 Å². The molecule has 1 fully saturated rings. The monoisotopic (exact) mass is 279 g/mol. The van der Waals surface area contributed by atoms with Crippen molar-refractivity contribution in [3.63, 3.8) is 0 Å². The molecule has 0 spiro atoms. The van der Waals surface area contributed by atoms with Crippen LogP contribution >= 0.6 is 0 Å². The number of nitrogens with two attached hydrogens (primary N) is 1. The minimum Gasteiger partial charge on any atom is -0.330 e. The average molecular weight is 279 g/mol. The molecule has 1 aromatic carbocycles. The van der Waals surface area contributed by atoms with Crippen LogP contribution in [0.5, 0.6) is 0 Å². The van der Waals surface area contributed by atoms with Crippen LogP contribution in [-0.2, 0) is 4.79 Å². The quantitative estimate of drug-likeness (QED) is 0.881. The van der Waals surface area contributed by atoms with Gasteiger partial charge in [-0.1, -0.05) is 19.1 Å². The predicted octanol–water partition coefficient (Wildman–Crippen LogP) is 1.68. The molecule has 0 aromatic heterocycles. The van der Waals surface area contributed by atoms with Crippen molar-refractivity contribution in [2.45, 2.75) is 13.3 Å². The van der Waals surface area contributed by atoms with Crippen molar-refractivity contribution in [1.82, 2.24) is 4.90 Å². The third kappa shape index (κ3) is 3.77. The SMILES string of the molecule is CC1CCN(CC(=O)Nc2ccccc2F)CC1CN. The van der Waals surface area contributed by atoms with Crippen molar-refractivity contribution >= 4 is 11.6 Å². The van der Waals surface area contributed by atoms with Gasteiger partial charge in [-0.05, 0) is 43.5 Å². The predicted molar refractivity (Wildman–Crippen MR) is 77.8 cm³/mol. The van der Waals surface area contributed by atoms with Gasteiger partial charge in [-0.25, -0.2) is 4.39 Å². The lowest BCUT2D eigenvalue weighted by Crippen LogP contribution is -2.45. The highest BCUT2D eigenvalue weighted by atomic mass is 19.1. The van der Waals surface area contributed by atoms with E-state index in [0.29, 0.717) is 18.4 Å². The number of hydrogen-bond acceptors (Lipinski definition) is 3. The summed E-state index contributed by atoms with van der Waals surface area (Å²) in [6.45, 7) is 4.86. The molecule has 5 heteroatoms. The number of hydrogen-bond donors (Lipinski definition) is 2. The summed E-state index contributed by atoms with van der Waals surface area (Å²) in [6, 6.07) is 6.20. The maximum Gasteiger partial charge on any atom is 0.238 e. The molecule has 3 N–H and O–H groups in total. The first-order chi connectivity index (χ1) is 9.60. The van der Waals surface area contributed by atoms with E-state index < -0.39 is 5.82 Å². The maximum absolute atomic E-state index is 13.5. The van der Waals surface area contributed by atoms with Crippen molar-refractivity contribution in [1.29, 1.82) is 0 Å². The second kappa shape index (κ2) is 6.81. The van der Waals surface area contributed by atoms with E-state index in [9.17, 15) is 9.18 Å². The van der Waals surface area contributed by atoms with Gasteiger partial charge in [-0.3, -0.25) is 9.69 Å². The van der Waals surface area contributed by atoms with Gasteiger partial charge >= 0.3 is 0 Å². The highest BCUT2D eigenvalue weighted by molar-refractivity contribution is 5.92. The van der Waals surface area contributed by atoms with Gasteiger partial charge in [0, 0.05) is 6.54 Å². The Labute approximate surface area is 119 Å². The van der Waals surface area contributed by atoms with E-state index in [1.54, 1.807) is 18.2 Å². The number of piperidine rings is 1. The van der Waals surface area contributed by atoms with Crippen LogP contribution < -0.4 is 11.1 Å². The molecule has 1 aromatic rings. The fraction of sp³-hybridized carbons (Fsp3) is 0.533. The van der Waals surface area contributed by atoms with Crippen molar-refractivity contribution < 1.29 is 9.18 Å². The fourth-order valence-electron chi connectivity index (χ4n) is 2.63. The first-order valence-electron chi connectivity index (χ1n) is 7.07. The summed E-state index contributed by atoms with van der Waals surface area (Å²) in [6.07, 6.45) is 1.05. The largest absolute Gasteiger partial charge is 0.330 e. The fourth-order valence-corrected chi connectivity index (χ4v) is 2.63. The molecule has 110 valence electrons. The highest BCUT2D eigenvalue weighted by Crippen LogP contribution is 2.22. The molecular formula is C15H22FN3O. The molecule has 0 bridgehead atoms. The van der Waals surface area contributed by atoms with Crippen molar-refractivity contribution in [3.05, 3.63) is 30.1 Å². The first-order valence-corrected chi connectivity index (χ1v) is 7.07. The molecule has 2 atom stereocenters. The minimum absolute atomic E-state index is 0.180. The Morgan fingerprint density at radius 3 is 2.95 bits per heavy atom. The first kappa shape index (κ1) is 14.9. The molecule has 1 heterocycles. The van der Waals surface area contributed by atoms with Gasteiger partial charge in [0.1, 0.15) is 5.82 Å². The molecule has 20 heavy (non-hydrogen) atoms. The van der Waals surface area contributed by atoms with Crippen LogP contribution in [0.4, 0.5) is 10.1 Å². The van der Waals surface area contributed by atoms with Crippen LogP contribution in [0.3, 0.4) is 0 Å². The van der Waals surface area contributed by atoms with Crippen LogP contribution in [-0.4, -0.2) is 37.0 Å². The van der Waals surface area contributed by atoms with Gasteiger partial charge in [0.2, 0.25) is 5.91 Å². The second-order valence-corrected chi connectivity index (χ2v) is 5.52. The van der Waals surface area contributed by atoms with Gasteiger partial charge < -0.3 is 11.1 Å². The van der Waals surface area contributed by atoms with Crippen molar-refractivity contribution in [3.8, 4) is 0 Å². The summed E-state index contributed by atoms with van der Waals surface area (Å²) in [4.78, 5) is 14.0. The average Bonchev–Trinajstić information content (AvgIpc) is 2.43. The number of nitrogens with one attached hydrogen (secondary N) is 1. The van der Waals surface area contributed by atoms with E-state index in [1.165, 1.54) is 6.07 Å². The number of nitrogens with zero attached hydrogens (tertiary/aromatic N) is 1. The molecule has 0 aliphatic carbocycles. The Hall–Kier alpha value is -1.46. The zero-order valence-corrected chi connectivity index (χ0v) is 11.8. The lowest BCUT2D eigenvalue weighted by atomic mass is 9.87. The number of para-hydroxylation sites is 1. The molecule has 2 rings (SSSR count). The Balaban J connectivity index is 1.87. The third-order valence-corrected chi connectivity index (χ3v) is 4.02. The molecule has 2 unspecified atom stereocenters. The molecule has 0 saturated carbocycles. The van der Waals surface area contributed by atoms with Crippen LogP contribution in [0, 0.1) is 17.7 Å². The summed E-state index contributed by atoms with van der Waals surface area (Å²) in [5, 5.41) is 2.61. The lowest BCUT2D eigenvalue weighted by molar-refractivity contribution is -0.117. The number of carbonyl (C=O) groups is 1. The van der Waals surface area contributed by atoms with Gasteiger partial charge in [0.05, 0.1) is 12.2 Å². The van der Waals surface area contributed by atoms with Crippen molar-refractivity contribution in [2.24, 2.45) is 17.6 Å². The Bertz CT molecular complexity index is 466. The number of likely N-dealkylation sites (tertiary alicyclic amines) is 1. The van der Waals surface area contributed by atoms with E-state index in [0.717, 1.165) is 19.5 Å². The highest BCUT2D eigenvalue weighted by Gasteiger charge is 2.26. The molecule has 0 radical (unpaired) electrons. The van der Waals surface area contributed by atoms with E-state index in [1.807, 2.05) is 0 Å². The Morgan fingerprint density at radius 2 is 2.25 bits per heavy atom. The number of amides is 1. The molecule has 1 amide bonds. The van der Waals surface area contributed by atoms with E-state index in [2.05, 4.69) is 17.1 Å². The van der Waals surface area contributed by atoms with Gasteiger partial charge in [-0.15, -0.1) is 0 Å². The standard InChI is InChI=1S/C15H22FN3O/c1-11-6-7-19(9-12(11)8-17)10-15(20)18-14-5-3-2-4-13(14)16/h2-5,11-12H,6-10,17H2,1H3,(H,18,20). The summed E-state index contributed by atoms with van der Waals surface area (Å²) in [5.74, 6) is 0.448. The van der Waals surface area contributed by atoms with Crippen LogP contribution in [0.1, 0.15) is 13.3 Å². The summed E-state index contributed by atoms with van der Waals surface area (Å²) in [7, 11) is 0. The van der Waals surface area contributed by atoms with Crippen LogP contribution in [0.2, 0.25) is 0 Å². The Morgan fingerprint density at radius 1 is 1.50 bits per heavy atom. The Kier molecular flexibility index (Phi) is 5.09. The zero-order valence-electron chi connectivity index (χ0n) is 11.8. The second-order valence-electron chi connectivity index (χ2n) is 5.52. The smallest absolute Gasteiger partial charge is 0.238 e. The normalized spacial score (nSPS) is 23.6. The third-order valence-electron chi connectivity index (χ3n) is 4.02. The van der Waals surface area contributed by atoms with E-state index >= 15 is 0 Å². The van der Waals surface area contributed by atoms with Crippen LogP contribution in [0.15, 0.2) is 24.3 Å². The van der Waals surface area contributed by atoms with Gasteiger partial charge in [-0.2, -0.15) is 0 Å². The topological polar surface area (TPSA) is 58.4 Å². The molecule has 4 nitrogen and oxygen atoms in total. The number of halogens is 1. The maximum atomic E-state index is 13.5. The number of anilines is 1. The molecule has 1 saturated heterocycles. The number of rotatable bonds is 4. The summed E-state index contributed by atoms with van der Waals surface area (Å²) < 4.78 is 13.5. The molecule has 1 aliphatic rings. The summed E-state index contributed by atoms with van der Waals surface area (Å²) in [5.41, 5.74) is 5.99. The van der Waals surface area contributed by atoms with Gasteiger partial charge in [0.15, 0.2) is 0 Å². The lowest BCUT2D eigenvalue weighted by Gasteiger charge is -2.36. The number of carbonyl (C=O) groups excluding carboxylic acids is 1. The number of benzene rings is 1. The molecular weight excluding hydrogens is 257 g/mol. The molecule has 1 aliphatic heterocycles. The van der Waals surface area contributed by atoms with Gasteiger partial charge in [0.25, 0.3) is 0 Å². The van der Waals surface area contributed by atoms with Crippen LogP contribution in [0.25, 0.3) is 0 Å². The zero-order chi connectivity index (χ0) is 14.5. The van der Waals surface area contributed by atoms with E-state index in [4.69, 9.17) is 5.73 Å². The summed E-state index contributed by atoms with van der Waals surface area (Å²) >= 11 is 0.